The van der Waals surface area contributed by atoms with Crippen LogP contribution in [0.15, 0.2) is 60.7 Å². The number of fused-ring (bicyclic) bond motifs is 2. The lowest BCUT2D eigenvalue weighted by atomic mass is 9.74. The van der Waals surface area contributed by atoms with Gasteiger partial charge in [-0.15, -0.1) is 0 Å². The van der Waals surface area contributed by atoms with E-state index in [0.29, 0.717) is 22.2 Å². The summed E-state index contributed by atoms with van der Waals surface area (Å²) in [5, 5.41) is 1.15. The van der Waals surface area contributed by atoms with E-state index in [4.69, 9.17) is 23.2 Å². The summed E-state index contributed by atoms with van der Waals surface area (Å²) in [6, 6.07) is 18.0. The van der Waals surface area contributed by atoms with Crippen molar-refractivity contribution in [3.63, 3.8) is 0 Å². The Hall–Kier alpha value is -2.40. The lowest BCUT2D eigenvalue weighted by molar-refractivity contribution is 0.0975. The van der Waals surface area contributed by atoms with Gasteiger partial charge in [-0.2, -0.15) is 0 Å². The summed E-state index contributed by atoms with van der Waals surface area (Å²) >= 11 is 12.3. The molecule has 0 N–H and O–H groups in total. The first-order chi connectivity index (χ1) is 15.8. The molecule has 6 heteroatoms. The summed E-state index contributed by atoms with van der Waals surface area (Å²) in [4.78, 5) is 17.7. The van der Waals surface area contributed by atoms with E-state index in [2.05, 4.69) is 30.0 Å². The Morgan fingerprint density at radius 3 is 2.39 bits per heavy atom. The van der Waals surface area contributed by atoms with Crippen LogP contribution in [0.4, 0.5) is 10.1 Å². The third-order valence-corrected chi connectivity index (χ3v) is 7.75. The van der Waals surface area contributed by atoms with Crippen LogP contribution in [0.1, 0.15) is 39.9 Å². The number of hydrogen-bond acceptors (Lipinski definition) is 2. The fraction of sp³-hybridized carbons (Fsp3) is 0.296. The van der Waals surface area contributed by atoms with Crippen LogP contribution in [-0.4, -0.2) is 30.4 Å². The van der Waals surface area contributed by atoms with Crippen LogP contribution in [0.25, 0.3) is 0 Å². The molecule has 0 saturated carbocycles. The Labute approximate surface area is 203 Å². The molecule has 2 aliphatic heterocycles. The van der Waals surface area contributed by atoms with Crippen LogP contribution in [0.5, 0.6) is 0 Å². The van der Waals surface area contributed by atoms with Crippen LogP contribution in [0.2, 0.25) is 10.0 Å². The van der Waals surface area contributed by atoms with Gasteiger partial charge in [0.2, 0.25) is 0 Å². The Kier molecular flexibility index (Phi) is 5.94. The van der Waals surface area contributed by atoms with Crippen molar-refractivity contribution in [2.24, 2.45) is 0 Å². The maximum atomic E-state index is 13.4. The Bertz CT molecular complexity index is 1200. The minimum absolute atomic E-state index is 0.0643. The molecule has 3 aromatic carbocycles. The molecule has 3 nitrogen and oxygen atoms in total. The van der Waals surface area contributed by atoms with E-state index in [9.17, 15) is 9.18 Å². The molecule has 2 heterocycles. The van der Waals surface area contributed by atoms with Gasteiger partial charge in [-0.1, -0.05) is 47.0 Å². The summed E-state index contributed by atoms with van der Waals surface area (Å²) in [5.74, 6) is -0.412. The smallest absolute Gasteiger partial charge is 0.258 e. The molecule has 0 radical (unpaired) electrons. The van der Waals surface area contributed by atoms with Crippen LogP contribution in [-0.2, 0) is 12.0 Å². The van der Waals surface area contributed by atoms with Gasteiger partial charge < -0.3 is 4.90 Å². The third-order valence-electron chi connectivity index (χ3n) is 7.01. The van der Waals surface area contributed by atoms with Crippen molar-refractivity contribution in [1.29, 1.82) is 0 Å². The Morgan fingerprint density at radius 2 is 1.70 bits per heavy atom. The number of halogens is 3. The van der Waals surface area contributed by atoms with E-state index in [1.165, 1.54) is 23.3 Å². The fourth-order valence-corrected chi connectivity index (χ4v) is 5.50. The highest BCUT2D eigenvalue weighted by molar-refractivity contribution is 6.42. The molecule has 5 rings (SSSR count). The summed E-state index contributed by atoms with van der Waals surface area (Å²) in [6.45, 7) is 5.45. The van der Waals surface area contributed by atoms with E-state index in [0.717, 1.165) is 43.7 Å². The average Bonchev–Trinajstić information content (AvgIpc) is 3.11. The number of hydrogen-bond donors (Lipinski definition) is 0. The van der Waals surface area contributed by atoms with E-state index < -0.39 is 0 Å². The average molecular weight is 483 g/mol. The lowest BCUT2D eigenvalue weighted by Crippen LogP contribution is -2.45. The number of aryl methyl sites for hydroxylation is 1. The quantitative estimate of drug-likeness (QED) is 0.417. The van der Waals surface area contributed by atoms with E-state index in [1.807, 2.05) is 23.1 Å². The zero-order valence-electron chi connectivity index (χ0n) is 18.5. The van der Waals surface area contributed by atoms with Crippen molar-refractivity contribution in [2.45, 2.75) is 31.7 Å². The first-order valence-corrected chi connectivity index (χ1v) is 12.0. The van der Waals surface area contributed by atoms with Gasteiger partial charge in [0.25, 0.3) is 5.91 Å². The molecule has 170 valence electrons. The molecule has 33 heavy (non-hydrogen) atoms. The first-order valence-electron chi connectivity index (χ1n) is 11.2. The fourth-order valence-electron chi connectivity index (χ4n) is 5.18. The number of likely N-dealkylation sites (tertiary alicyclic amines) is 1. The maximum absolute atomic E-state index is 13.4. The van der Waals surface area contributed by atoms with Gasteiger partial charge in [0.1, 0.15) is 5.82 Å². The highest BCUT2D eigenvalue weighted by Crippen LogP contribution is 2.48. The molecule has 3 aromatic rings. The number of carbonyl (C=O) groups excluding carboxylic acids is 1. The minimum atomic E-state index is -0.338. The molecule has 2 aliphatic rings. The molecule has 0 aliphatic carbocycles. The zero-order chi connectivity index (χ0) is 23.2. The van der Waals surface area contributed by atoms with Gasteiger partial charge >= 0.3 is 0 Å². The van der Waals surface area contributed by atoms with Crippen molar-refractivity contribution in [2.75, 3.05) is 24.5 Å². The first kappa shape index (κ1) is 22.4. The van der Waals surface area contributed by atoms with Crippen LogP contribution >= 0.6 is 23.2 Å². The second-order valence-electron chi connectivity index (χ2n) is 9.22. The van der Waals surface area contributed by atoms with Crippen molar-refractivity contribution in [1.82, 2.24) is 4.90 Å². The van der Waals surface area contributed by atoms with Crippen molar-refractivity contribution in [3.8, 4) is 0 Å². The van der Waals surface area contributed by atoms with Crippen molar-refractivity contribution >= 4 is 34.8 Å². The molecule has 0 bridgehead atoms. The molecule has 1 amide bonds. The number of rotatable bonds is 3. The molecule has 1 fully saturated rings. The van der Waals surface area contributed by atoms with E-state index >= 15 is 0 Å². The molecule has 0 atom stereocenters. The molecule has 1 spiro atoms. The standard InChI is InChI=1S/C27H25Cl2FN2O/c1-18-2-9-25-22(14-18)27(17-32(25)26(33)20-4-6-21(30)7-5-20)10-12-31(13-11-27)16-19-3-8-23(28)24(29)15-19/h2-9,14-15H,10-13,16-17H2,1H3. The maximum Gasteiger partial charge on any atom is 0.258 e. The molecular weight excluding hydrogens is 458 g/mol. The van der Waals surface area contributed by atoms with Crippen molar-refractivity contribution in [3.05, 3.63) is 98.8 Å². The SMILES string of the molecule is Cc1ccc2c(c1)C1(CCN(Cc3ccc(Cl)c(Cl)c3)CC1)CN2C(=O)c1ccc(F)cc1. The monoisotopic (exact) mass is 482 g/mol. The predicted molar refractivity (Wildman–Crippen MR) is 132 cm³/mol. The Balaban J connectivity index is 1.37. The number of amides is 1. The number of nitrogens with zero attached hydrogens (tertiary/aromatic N) is 2. The molecular formula is C27H25Cl2FN2O. The lowest BCUT2D eigenvalue weighted by Gasteiger charge is -2.40. The van der Waals surface area contributed by atoms with Gasteiger partial charge in [-0.25, -0.2) is 4.39 Å². The number of piperidine rings is 1. The van der Waals surface area contributed by atoms with Crippen LogP contribution in [0.3, 0.4) is 0 Å². The molecule has 0 unspecified atom stereocenters. The minimum Gasteiger partial charge on any atom is -0.307 e. The number of anilines is 1. The summed E-state index contributed by atoms with van der Waals surface area (Å²) < 4.78 is 13.4. The third kappa shape index (κ3) is 4.28. The van der Waals surface area contributed by atoms with Gasteiger partial charge in [-0.3, -0.25) is 9.69 Å². The summed E-state index contributed by atoms with van der Waals surface area (Å²) in [5.41, 5.74) is 5.03. The van der Waals surface area contributed by atoms with Gasteiger partial charge in [0.05, 0.1) is 10.0 Å². The molecule has 1 saturated heterocycles. The highest BCUT2D eigenvalue weighted by Gasteiger charge is 2.46. The largest absolute Gasteiger partial charge is 0.307 e. The predicted octanol–water partition coefficient (Wildman–Crippen LogP) is 6.64. The van der Waals surface area contributed by atoms with Crippen molar-refractivity contribution < 1.29 is 9.18 Å². The van der Waals surface area contributed by atoms with Crippen LogP contribution in [0, 0.1) is 12.7 Å². The highest BCUT2D eigenvalue weighted by atomic mass is 35.5. The van der Waals surface area contributed by atoms with Gasteiger partial charge in [-0.05, 0) is 86.4 Å². The number of carbonyl (C=O) groups is 1. The summed E-state index contributed by atoms with van der Waals surface area (Å²) in [7, 11) is 0. The normalized spacial score (nSPS) is 17.4. The molecule has 0 aromatic heterocycles. The van der Waals surface area contributed by atoms with Gasteiger partial charge in [0.15, 0.2) is 0 Å². The zero-order valence-corrected chi connectivity index (χ0v) is 20.0. The van der Waals surface area contributed by atoms with E-state index in [-0.39, 0.29) is 17.1 Å². The second-order valence-corrected chi connectivity index (χ2v) is 10.0. The topological polar surface area (TPSA) is 23.6 Å². The van der Waals surface area contributed by atoms with E-state index in [1.54, 1.807) is 12.1 Å². The van der Waals surface area contributed by atoms with Gasteiger partial charge in [0, 0.05) is 29.8 Å². The number of benzene rings is 3. The van der Waals surface area contributed by atoms with Crippen LogP contribution < -0.4 is 4.90 Å². The Morgan fingerprint density at radius 1 is 0.970 bits per heavy atom. The second kappa shape index (κ2) is 8.75. The summed E-state index contributed by atoms with van der Waals surface area (Å²) in [6.07, 6.45) is 1.94.